The van der Waals surface area contributed by atoms with Crippen molar-refractivity contribution in [2.75, 3.05) is 28.7 Å². The number of hydrogen-bond acceptors (Lipinski definition) is 25. The number of fused-ring (bicyclic) bond motifs is 5. The van der Waals surface area contributed by atoms with Crippen LogP contribution in [-0.2, 0) is 43.3 Å². The number of aromatic nitrogens is 25. The summed E-state index contributed by atoms with van der Waals surface area (Å²) in [5.41, 5.74) is 37.9. The predicted molar refractivity (Wildman–Crippen MR) is 397 cm³/mol. The number of nitrogens with zero attached hydrogens (tertiary/aromatic N) is 22. The van der Waals surface area contributed by atoms with Gasteiger partial charge in [-0.1, -0.05) is 172 Å². The number of hydrogen-bond donors (Lipinski definition) is 8. The van der Waals surface area contributed by atoms with E-state index in [1.165, 1.54) is 12.7 Å². The normalized spacial score (nSPS) is 12.0. The Balaban J connectivity index is 0.000000180. The third kappa shape index (κ3) is 22.0. The van der Waals surface area contributed by atoms with Crippen molar-refractivity contribution in [3.63, 3.8) is 0 Å². The van der Waals surface area contributed by atoms with Gasteiger partial charge in [-0.05, 0) is 24.3 Å². The molecule has 0 radical (unpaired) electrons. The molecule has 30 nitrogen and oxygen atoms in total. The molecule has 13 heterocycles. The number of nitrogens with one attached hydrogen (secondary N) is 3. The monoisotopic (exact) mass is 1360 g/mol. The van der Waals surface area contributed by atoms with E-state index < -0.39 is 0 Å². The number of H-pyrrole nitrogens is 3. The van der Waals surface area contributed by atoms with Crippen LogP contribution in [-0.4, -0.2) is 124 Å². The van der Waals surface area contributed by atoms with Crippen molar-refractivity contribution >= 4 is 74.0 Å². The molecule has 0 aliphatic rings. The Bertz CT molecular complexity index is 4400. The largest absolute Gasteiger partial charge is 0.384 e. The summed E-state index contributed by atoms with van der Waals surface area (Å²) >= 11 is 0. The molecule has 0 spiro atoms. The molecule has 0 unspecified atom stereocenters. The van der Waals surface area contributed by atoms with Crippen LogP contribution in [0.2, 0.25) is 0 Å². The van der Waals surface area contributed by atoms with Crippen LogP contribution in [0.1, 0.15) is 212 Å². The molecule has 532 valence electrons. The van der Waals surface area contributed by atoms with E-state index in [1.807, 2.05) is 63.4 Å². The Morgan fingerprint density at radius 2 is 0.860 bits per heavy atom. The van der Waals surface area contributed by atoms with Gasteiger partial charge in [-0.2, -0.15) is 35.2 Å². The molecule has 0 saturated carbocycles. The van der Waals surface area contributed by atoms with Gasteiger partial charge in [-0.25, -0.2) is 68.8 Å². The first-order chi connectivity index (χ1) is 46.2. The van der Waals surface area contributed by atoms with Gasteiger partial charge in [0.15, 0.2) is 22.6 Å². The Hall–Kier alpha value is -10.9. The molecule has 13 N–H and O–H groups in total. The molecule has 0 fully saturated rings. The number of rotatable bonds is 0. The zero-order valence-corrected chi connectivity index (χ0v) is 62.5. The van der Waals surface area contributed by atoms with Crippen LogP contribution in [0.15, 0.2) is 105 Å². The van der Waals surface area contributed by atoms with Crippen molar-refractivity contribution in [1.82, 2.24) is 124 Å². The van der Waals surface area contributed by atoms with E-state index in [-0.39, 0.29) is 49.3 Å². The quantitative estimate of drug-likeness (QED) is 0.0699. The Kier molecular flexibility index (Phi) is 24.4. The summed E-state index contributed by atoms with van der Waals surface area (Å²) in [5.74, 6) is 3.33. The van der Waals surface area contributed by atoms with Crippen LogP contribution >= 0.6 is 0 Å². The fourth-order valence-corrected chi connectivity index (χ4v) is 9.26. The summed E-state index contributed by atoms with van der Waals surface area (Å²) < 4.78 is 3.52. The maximum absolute atomic E-state index is 5.62. The number of aromatic amines is 3. The number of nitrogens with two attached hydrogens (primary N) is 5. The Morgan fingerprint density at radius 3 is 1.32 bits per heavy atom. The molecular formula is C70H102N30. The van der Waals surface area contributed by atoms with Crippen molar-refractivity contribution in [2.45, 2.75) is 209 Å². The Morgan fingerprint density at radius 1 is 0.360 bits per heavy atom. The molecule has 0 aliphatic heterocycles. The third-order valence-corrected chi connectivity index (χ3v) is 14.2. The van der Waals surface area contributed by atoms with Gasteiger partial charge in [0.2, 0.25) is 23.8 Å². The van der Waals surface area contributed by atoms with E-state index in [2.05, 4.69) is 261 Å². The van der Waals surface area contributed by atoms with Crippen molar-refractivity contribution in [3.8, 4) is 0 Å². The summed E-state index contributed by atoms with van der Waals surface area (Å²) in [6, 6.07) is 13.4. The molecule has 0 bridgehead atoms. The van der Waals surface area contributed by atoms with Gasteiger partial charge in [-0.3, -0.25) is 10.2 Å². The van der Waals surface area contributed by atoms with Gasteiger partial charge in [0.05, 0.1) is 57.8 Å². The van der Waals surface area contributed by atoms with Gasteiger partial charge in [0.1, 0.15) is 54.8 Å². The maximum Gasteiger partial charge on any atom is 0.240 e. The minimum Gasteiger partial charge on any atom is -0.384 e. The van der Waals surface area contributed by atoms with E-state index in [9.17, 15) is 0 Å². The van der Waals surface area contributed by atoms with Crippen LogP contribution in [0.25, 0.3) is 44.4 Å². The lowest BCUT2D eigenvalue weighted by Crippen LogP contribution is -2.21. The molecule has 0 aliphatic carbocycles. The Labute approximate surface area is 584 Å². The summed E-state index contributed by atoms with van der Waals surface area (Å²) in [7, 11) is 0. The van der Waals surface area contributed by atoms with Crippen LogP contribution in [0.4, 0.5) is 29.6 Å². The first kappa shape index (κ1) is 78.1. The minimum atomic E-state index is -0.0959. The second kappa shape index (κ2) is 31.3. The molecule has 13 rings (SSSR count). The van der Waals surface area contributed by atoms with E-state index in [0.717, 1.165) is 90.2 Å². The fraction of sp³-hybridized carbons (Fsp3) is 0.457. The maximum atomic E-state index is 5.62. The van der Waals surface area contributed by atoms with Crippen LogP contribution < -0.4 is 28.7 Å². The second-order valence-corrected chi connectivity index (χ2v) is 31.6. The van der Waals surface area contributed by atoms with Gasteiger partial charge in [0.25, 0.3) is 0 Å². The standard InChI is InChI=1S/C10H14N4.C10H13N3.C9H13N5.2C9H12N4.2C8H13N3.C7H12N4/c1-10(2,3)7-5-4-6-8-12-9(11)13-14(7)8;1-10(2,3)8-7-4-5-11-9(7)13-6-12-8;1-9(2,3)7-13-8(10)12-6-4-5-11-14(6)7;2*1-9(2,3)7-6-4-12-13-8(6)11-5-10-7;1-8(2,3)6-4-7(9)11-5-10-6;1-8(2,3)6-4-5-10-7(9)11-6;1-7(2,3)5-9-4-10-6(8)11-5/h4-6H,1-3H3,(H2,11,13);4-6H,1-3H3,(H,11,12,13);4-5H,1-3H3,(H2,10,12);2*4-5H,1-3H3,(H,10,11,12,13);2*4-5H,1-3H3,(H2,9,10,11);4H,1-3H3,(H2,8,9,10,11). The zero-order valence-electron chi connectivity index (χ0n) is 62.5. The first-order valence-corrected chi connectivity index (χ1v) is 32.5. The highest BCUT2D eigenvalue weighted by molar-refractivity contribution is 5.79. The van der Waals surface area contributed by atoms with Gasteiger partial charge in [-0.15, -0.1) is 5.10 Å². The SMILES string of the molecule is CC(C)(C)c1cc(N)ncn1.CC(C)(C)c1cccc2nc(N)nn12.CC(C)(C)c1ccnc(N)n1.CC(C)(C)c1nc(N)nc2ccnn12.CC(C)(C)c1ncnc(N)n1.CC(C)(C)c1ncnc2[nH]ccc12.CC(C)(C)c1ncnc2[nH]ncc12.CC(C)(C)c1ncnc2[nH]ncc12. The van der Waals surface area contributed by atoms with Crippen molar-refractivity contribution in [2.24, 2.45) is 0 Å². The van der Waals surface area contributed by atoms with Crippen molar-refractivity contribution in [1.29, 1.82) is 0 Å². The lowest BCUT2D eigenvalue weighted by Gasteiger charge is -2.19. The van der Waals surface area contributed by atoms with Crippen LogP contribution in [0.5, 0.6) is 0 Å². The van der Waals surface area contributed by atoms with Crippen LogP contribution in [0.3, 0.4) is 0 Å². The second-order valence-electron chi connectivity index (χ2n) is 31.6. The number of pyridine rings is 1. The lowest BCUT2D eigenvalue weighted by atomic mass is 9.90. The molecule has 100 heavy (non-hydrogen) atoms. The van der Waals surface area contributed by atoms with E-state index in [0.29, 0.717) is 23.7 Å². The predicted octanol–water partition coefficient (Wildman–Crippen LogP) is 11.6. The summed E-state index contributed by atoms with van der Waals surface area (Å²) in [4.78, 5) is 68.3. The zero-order chi connectivity index (χ0) is 74.6. The van der Waals surface area contributed by atoms with E-state index >= 15 is 0 Å². The molecule has 0 amide bonds. The lowest BCUT2D eigenvalue weighted by molar-refractivity contribution is 0.522. The molecule has 0 atom stereocenters. The highest BCUT2D eigenvalue weighted by Crippen LogP contribution is 2.30. The number of nitrogen functional groups attached to an aromatic ring is 5. The van der Waals surface area contributed by atoms with Gasteiger partial charge >= 0.3 is 0 Å². The summed E-state index contributed by atoms with van der Waals surface area (Å²) in [6.45, 7) is 50.5. The molecular weight excluding hydrogens is 1260 g/mol. The molecule has 30 heteroatoms. The van der Waals surface area contributed by atoms with Crippen molar-refractivity contribution < 1.29 is 0 Å². The molecule has 0 aromatic carbocycles. The number of anilines is 5. The molecule has 13 aromatic heterocycles. The smallest absolute Gasteiger partial charge is 0.240 e. The van der Waals surface area contributed by atoms with Gasteiger partial charge in [0, 0.05) is 78.9 Å². The highest BCUT2D eigenvalue weighted by atomic mass is 15.3. The van der Waals surface area contributed by atoms with E-state index in [1.54, 1.807) is 58.9 Å². The molecule has 0 saturated heterocycles. The third-order valence-electron chi connectivity index (χ3n) is 14.2. The fourth-order valence-electron chi connectivity index (χ4n) is 9.26. The van der Waals surface area contributed by atoms with Gasteiger partial charge < -0.3 is 33.7 Å². The van der Waals surface area contributed by atoms with Crippen molar-refractivity contribution in [3.05, 3.63) is 151 Å². The topological polar surface area (TPSA) is 444 Å². The average Bonchev–Trinajstić information content (AvgIpc) is 1.63. The molecule has 13 aromatic rings. The highest BCUT2D eigenvalue weighted by Gasteiger charge is 2.25. The van der Waals surface area contributed by atoms with Crippen LogP contribution in [0, 0.1) is 0 Å². The summed E-state index contributed by atoms with van der Waals surface area (Å²) in [6.07, 6.45) is 16.5. The minimum absolute atomic E-state index is 0.0328. The summed E-state index contributed by atoms with van der Waals surface area (Å²) in [5, 5.41) is 25.0. The first-order valence-electron chi connectivity index (χ1n) is 32.5. The average molecular weight is 1360 g/mol. The van der Waals surface area contributed by atoms with E-state index in [4.69, 9.17) is 28.7 Å².